The zero-order valence-corrected chi connectivity index (χ0v) is 19.4. The van der Waals surface area contributed by atoms with Crippen molar-refractivity contribution in [2.45, 2.75) is 0 Å². The highest BCUT2D eigenvalue weighted by molar-refractivity contribution is 6.06. The van der Waals surface area contributed by atoms with Gasteiger partial charge in [-0.25, -0.2) is 14.2 Å². The molecule has 3 heterocycles. The molecular formula is C27H21FN4O4. The standard InChI is InChI=1S/C27H21FN4O4/c1-35-24-14-20-21(13-22(24)28)27(34)36-23(20)12-17-3-2-4-19(11-17)26(33)32-9-7-31(8-10-32)25-6-5-18(15-29)16-30-25/h2-6,11-14,16H,7-10H2,1H3/b23-12-. The molecule has 1 saturated heterocycles. The smallest absolute Gasteiger partial charge is 0.344 e. The number of carbonyl (C=O) groups is 2. The van der Waals surface area contributed by atoms with E-state index in [1.165, 1.54) is 13.2 Å². The number of rotatable bonds is 4. The van der Waals surface area contributed by atoms with Crippen LogP contribution in [0.1, 0.15) is 37.4 Å². The summed E-state index contributed by atoms with van der Waals surface area (Å²) in [5, 5.41) is 8.94. The highest BCUT2D eigenvalue weighted by Crippen LogP contribution is 2.35. The van der Waals surface area contributed by atoms with Gasteiger partial charge in [0, 0.05) is 43.5 Å². The summed E-state index contributed by atoms with van der Waals surface area (Å²) in [6.45, 7) is 2.31. The first-order chi connectivity index (χ1) is 17.5. The molecule has 3 aromatic rings. The van der Waals surface area contributed by atoms with Crippen LogP contribution in [0.25, 0.3) is 11.8 Å². The summed E-state index contributed by atoms with van der Waals surface area (Å²) in [5.41, 5.74) is 2.24. The Hall–Kier alpha value is -4.71. The Morgan fingerprint density at radius 1 is 1.14 bits per heavy atom. The van der Waals surface area contributed by atoms with E-state index in [1.807, 2.05) is 6.07 Å². The molecule has 0 spiro atoms. The maximum Gasteiger partial charge on any atom is 0.344 e. The van der Waals surface area contributed by atoms with E-state index in [2.05, 4.69) is 16.0 Å². The van der Waals surface area contributed by atoms with E-state index in [-0.39, 0.29) is 23.0 Å². The monoisotopic (exact) mass is 484 g/mol. The quantitative estimate of drug-likeness (QED) is 0.521. The number of nitrogens with zero attached hydrogens (tertiary/aromatic N) is 4. The lowest BCUT2D eigenvalue weighted by molar-refractivity contribution is 0.0714. The van der Waals surface area contributed by atoms with E-state index in [9.17, 15) is 14.0 Å². The van der Waals surface area contributed by atoms with Gasteiger partial charge in [-0.15, -0.1) is 0 Å². The molecule has 36 heavy (non-hydrogen) atoms. The second-order valence-corrected chi connectivity index (χ2v) is 8.35. The molecule has 0 radical (unpaired) electrons. The largest absolute Gasteiger partial charge is 0.494 e. The summed E-state index contributed by atoms with van der Waals surface area (Å²) in [7, 11) is 1.35. The molecule has 8 nitrogen and oxygen atoms in total. The Balaban J connectivity index is 1.31. The summed E-state index contributed by atoms with van der Waals surface area (Å²) in [4.78, 5) is 33.6. The minimum absolute atomic E-state index is 0.0113. The highest BCUT2D eigenvalue weighted by atomic mass is 19.1. The molecule has 0 unspecified atom stereocenters. The summed E-state index contributed by atoms with van der Waals surface area (Å²) < 4.78 is 24.4. The van der Waals surface area contributed by atoms with Crippen molar-refractivity contribution in [3.63, 3.8) is 0 Å². The molecule has 2 aliphatic heterocycles. The van der Waals surface area contributed by atoms with E-state index in [0.717, 1.165) is 11.9 Å². The number of hydrogen-bond acceptors (Lipinski definition) is 7. The lowest BCUT2D eigenvalue weighted by Gasteiger charge is -2.35. The first-order valence-electron chi connectivity index (χ1n) is 11.3. The molecule has 0 N–H and O–H groups in total. The van der Waals surface area contributed by atoms with Crippen LogP contribution in [0.3, 0.4) is 0 Å². The molecule has 2 aliphatic rings. The molecule has 0 aliphatic carbocycles. The first-order valence-corrected chi connectivity index (χ1v) is 11.3. The van der Waals surface area contributed by atoms with Gasteiger partial charge in [0.15, 0.2) is 11.6 Å². The van der Waals surface area contributed by atoms with Gasteiger partial charge < -0.3 is 19.3 Å². The fraction of sp³-hybridized carbons (Fsp3) is 0.185. The highest BCUT2D eigenvalue weighted by Gasteiger charge is 2.29. The Labute approximate surface area is 206 Å². The predicted octanol–water partition coefficient (Wildman–Crippen LogP) is 3.73. The summed E-state index contributed by atoms with van der Waals surface area (Å²) in [6.07, 6.45) is 3.19. The third-order valence-electron chi connectivity index (χ3n) is 6.18. The van der Waals surface area contributed by atoms with Gasteiger partial charge in [-0.3, -0.25) is 4.79 Å². The van der Waals surface area contributed by atoms with Crippen LogP contribution in [0.5, 0.6) is 5.75 Å². The Morgan fingerprint density at radius 3 is 2.64 bits per heavy atom. The van der Waals surface area contributed by atoms with Crippen LogP contribution in [-0.2, 0) is 4.74 Å². The Morgan fingerprint density at radius 2 is 1.94 bits per heavy atom. The van der Waals surface area contributed by atoms with Gasteiger partial charge in [-0.1, -0.05) is 12.1 Å². The average Bonchev–Trinajstić information content (AvgIpc) is 3.21. The molecular weight excluding hydrogens is 463 g/mol. The van der Waals surface area contributed by atoms with E-state index >= 15 is 0 Å². The van der Waals surface area contributed by atoms with Crippen LogP contribution in [0.2, 0.25) is 0 Å². The Bertz CT molecular complexity index is 1420. The number of esters is 1. The number of nitriles is 1. The molecule has 5 rings (SSSR count). The van der Waals surface area contributed by atoms with Gasteiger partial charge >= 0.3 is 5.97 Å². The van der Waals surface area contributed by atoms with Crippen LogP contribution < -0.4 is 9.64 Å². The second-order valence-electron chi connectivity index (χ2n) is 8.35. The normalized spacial score (nSPS) is 15.9. The molecule has 1 aromatic heterocycles. The van der Waals surface area contributed by atoms with Crippen molar-refractivity contribution >= 4 is 29.5 Å². The molecule has 1 amide bonds. The summed E-state index contributed by atoms with van der Waals surface area (Å²) >= 11 is 0. The van der Waals surface area contributed by atoms with Gasteiger partial charge in [0.25, 0.3) is 5.91 Å². The van der Waals surface area contributed by atoms with Gasteiger partial charge in [0.1, 0.15) is 17.6 Å². The molecule has 9 heteroatoms. The molecule has 1 fully saturated rings. The SMILES string of the molecule is COc1cc2c(cc1F)C(=O)O/C2=C\c1cccc(C(=O)N2CCN(c3ccc(C#N)cn3)CC2)c1. The molecule has 2 aromatic carbocycles. The maximum atomic E-state index is 14.0. The molecule has 0 saturated carbocycles. The predicted molar refractivity (Wildman–Crippen MR) is 130 cm³/mol. The third-order valence-corrected chi connectivity index (χ3v) is 6.18. The van der Waals surface area contributed by atoms with Crippen LogP contribution in [0.4, 0.5) is 10.2 Å². The van der Waals surface area contributed by atoms with Crippen molar-refractivity contribution in [2.75, 3.05) is 38.2 Å². The topological polar surface area (TPSA) is 95.8 Å². The zero-order chi connectivity index (χ0) is 25.2. The number of aromatic nitrogens is 1. The van der Waals surface area contributed by atoms with Crippen LogP contribution >= 0.6 is 0 Å². The van der Waals surface area contributed by atoms with Crippen LogP contribution in [-0.4, -0.2) is 55.0 Å². The summed E-state index contributed by atoms with van der Waals surface area (Å²) in [6, 6.07) is 15.2. The number of hydrogen-bond donors (Lipinski definition) is 0. The Kier molecular flexibility index (Phi) is 6.09. The molecule has 0 bridgehead atoms. The number of carbonyl (C=O) groups excluding carboxylic acids is 2. The number of amides is 1. The number of piperazine rings is 1. The number of anilines is 1. The maximum absolute atomic E-state index is 14.0. The van der Waals surface area contributed by atoms with Crippen LogP contribution in [0, 0.1) is 17.1 Å². The minimum Gasteiger partial charge on any atom is -0.494 e. The van der Waals surface area contributed by atoms with Crippen molar-refractivity contribution in [3.05, 3.63) is 88.4 Å². The lowest BCUT2D eigenvalue weighted by Crippen LogP contribution is -2.49. The van der Waals surface area contributed by atoms with E-state index < -0.39 is 11.8 Å². The van der Waals surface area contributed by atoms with Crippen molar-refractivity contribution < 1.29 is 23.5 Å². The lowest BCUT2D eigenvalue weighted by atomic mass is 10.0. The number of ether oxygens (including phenoxy) is 2. The van der Waals surface area contributed by atoms with Gasteiger partial charge in [-0.2, -0.15) is 5.26 Å². The van der Waals surface area contributed by atoms with Crippen LogP contribution in [0.15, 0.2) is 54.7 Å². The number of fused-ring (bicyclic) bond motifs is 1. The number of pyridine rings is 1. The summed E-state index contributed by atoms with van der Waals surface area (Å²) in [5.74, 6) is -0.330. The van der Waals surface area contributed by atoms with Gasteiger partial charge in [0.05, 0.1) is 18.2 Å². The first kappa shape index (κ1) is 23.1. The molecule has 0 atom stereocenters. The second kappa shape index (κ2) is 9.50. The van der Waals surface area contributed by atoms with Gasteiger partial charge in [-0.05, 0) is 48.0 Å². The number of halogens is 1. The van der Waals surface area contributed by atoms with Gasteiger partial charge in [0.2, 0.25) is 0 Å². The zero-order valence-electron chi connectivity index (χ0n) is 19.4. The van der Waals surface area contributed by atoms with E-state index in [1.54, 1.807) is 47.5 Å². The fourth-order valence-corrected chi connectivity index (χ4v) is 4.27. The number of methoxy groups -OCH3 is 1. The number of cyclic esters (lactones) is 1. The van der Waals surface area contributed by atoms with Crippen molar-refractivity contribution in [1.29, 1.82) is 5.26 Å². The fourth-order valence-electron chi connectivity index (χ4n) is 4.27. The van der Waals surface area contributed by atoms with Crippen molar-refractivity contribution in [3.8, 4) is 11.8 Å². The minimum atomic E-state index is -0.642. The van der Waals surface area contributed by atoms with Crippen molar-refractivity contribution in [2.24, 2.45) is 0 Å². The number of benzene rings is 2. The third kappa shape index (κ3) is 4.36. The van der Waals surface area contributed by atoms with E-state index in [0.29, 0.717) is 48.4 Å². The van der Waals surface area contributed by atoms with Crippen molar-refractivity contribution in [1.82, 2.24) is 9.88 Å². The molecule has 180 valence electrons. The van der Waals surface area contributed by atoms with E-state index in [4.69, 9.17) is 14.7 Å². The average molecular weight is 484 g/mol.